The molecule has 0 spiro atoms. The number of rotatable bonds is 5. The van der Waals surface area contributed by atoms with Gasteiger partial charge in [-0.25, -0.2) is 0 Å². The van der Waals surface area contributed by atoms with Gasteiger partial charge in [0.1, 0.15) is 0 Å². The Morgan fingerprint density at radius 3 is 2.70 bits per heavy atom. The van der Waals surface area contributed by atoms with E-state index in [2.05, 4.69) is 46.4 Å². The number of carbonyl (C=O) groups excluding carboxylic acids is 1. The minimum Gasteiger partial charge on any atom is -0.348 e. The van der Waals surface area contributed by atoms with Gasteiger partial charge in [-0.2, -0.15) is 11.3 Å². The Kier molecular flexibility index (Phi) is 5.43. The molecule has 0 atom stereocenters. The van der Waals surface area contributed by atoms with Gasteiger partial charge in [0.2, 0.25) is 0 Å². The second-order valence-corrected chi connectivity index (χ2v) is 6.87. The van der Waals surface area contributed by atoms with Crippen LogP contribution in [0.1, 0.15) is 21.5 Å². The zero-order valence-corrected chi connectivity index (χ0v) is 14.3. The minimum absolute atomic E-state index is 0.00396. The molecule has 0 bridgehead atoms. The first kappa shape index (κ1) is 16.2. The van der Waals surface area contributed by atoms with Crippen LogP contribution in [0, 0.1) is 0 Å². The molecule has 1 amide bonds. The van der Waals surface area contributed by atoms with Gasteiger partial charge < -0.3 is 10.2 Å². The fraction of sp³-hybridized carbons (Fsp3) is 0.389. The summed E-state index contributed by atoms with van der Waals surface area (Å²) in [5, 5.41) is 6.78. The van der Waals surface area contributed by atoms with Gasteiger partial charge in [0.05, 0.1) is 0 Å². The summed E-state index contributed by atoms with van der Waals surface area (Å²) in [6.07, 6.45) is 0. The van der Waals surface area contributed by atoms with E-state index in [9.17, 15) is 4.79 Å². The maximum Gasteiger partial charge on any atom is 0.252 e. The minimum atomic E-state index is -0.00396. The van der Waals surface area contributed by atoms with E-state index in [0.29, 0.717) is 6.54 Å². The Hall–Kier alpha value is -1.69. The molecule has 4 nitrogen and oxygen atoms in total. The van der Waals surface area contributed by atoms with Crippen LogP contribution in [0.25, 0.3) is 0 Å². The van der Waals surface area contributed by atoms with E-state index < -0.39 is 0 Å². The lowest BCUT2D eigenvalue weighted by Gasteiger charge is -2.32. The molecule has 0 radical (unpaired) electrons. The van der Waals surface area contributed by atoms with E-state index in [4.69, 9.17) is 0 Å². The Morgan fingerprint density at radius 2 is 1.96 bits per heavy atom. The highest BCUT2D eigenvalue weighted by molar-refractivity contribution is 7.08. The molecule has 3 rings (SSSR count). The van der Waals surface area contributed by atoms with Gasteiger partial charge in [-0.1, -0.05) is 24.3 Å². The molecule has 1 N–H and O–H groups in total. The van der Waals surface area contributed by atoms with Gasteiger partial charge in [0.15, 0.2) is 0 Å². The molecule has 1 aliphatic heterocycles. The van der Waals surface area contributed by atoms with Crippen molar-refractivity contribution < 1.29 is 4.79 Å². The molecule has 0 aliphatic carbocycles. The van der Waals surface area contributed by atoms with Gasteiger partial charge in [0.25, 0.3) is 5.91 Å². The number of nitrogens with one attached hydrogen (secondary N) is 1. The molecule has 1 aliphatic rings. The normalized spacial score (nSPS) is 16.4. The van der Waals surface area contributed by atoms with Crippen molar-refractivity contribution in [3.05, 3.63) is 57.8 Å². The van der Waals surface area contributed by atoms with Crippen molar-refractivity contribution in [3.63, 3.8) is 0 Å². The van der Waals surface area contributed by atoms with Crippen LogP contribution in [-0.2, 0) is 13.1 Å². The number of nitrogens with zero attached hydrogens (tertiary/aromatic N) is 2. The van der Waals surface area contributed by atoms with Gasteiger partial charge >= 0.3 is 0 Å². The number of likely N-dealkylation sites (N-methyl/N-ethyl adjacent to an activating group) is 1. The van der Waals surface area contributed by atoms with Crippen molar-refractivity contribution in [2.75, 3.05) is 33.2 Å². The molecule has 0 saturated carbocycles. The lowest BCUT2D eigenvalue weighted by Crippen LogP contribution is -2.43. The fourth-order valence-corrected chi connectivity index (χ4v) is 3.42. The average Bonchev–Trinajstić information content (AvgIpc) is 3.10. The van der Waals surface area contributed by atoms with Crippen LogP contribution in [0.4, 0.5) is 0 Å². The summed E-state index contributed by atoms with van der Waals surface area (Å²) in [5.74, 6) is -0.00396. The van der Waals surface area contributed by atoms with Crippen molar-refractivity contribution in [1.29, 1.82) is 0 Å². The summed E-state index contributed by atoms with van der Waals surface area (Å²) in [6, 6.07) is 10.4. The molecule has 1 aromatic heterocycles. The summed E-state index contributed by atoms with van der Waals surface area (Å²) in [5.41, 5.74) is 3.21. The molecule has 1 aromatic carbocycles. The molecule has 5 heteroatoms. The molecule has 1 saturated heterocycles. The van der Waals surface area contributed by atoms with E-state index in [1.54, 1.807) is 11.3 Å². The second kappa shape index (κ2) is 7.73. The van der Waals surface area contributed by atoms with E-state index in [1.807, 2.05) is 16.8 Å². The molecule has 2 aromatic rings. The fourth-order valence-electron chi connectivity index (χ4n) is 2.78. The summed E-state index contributed by atoms with van der Waals surface area (Å²) in [6.45, 7) is 6.07. The van der Waals surface area contributed by atoms with Crippen molar-refractivity contribution in [3.8, 4) is 0 Å². The van der Waals surface area contributed by atoms with Crippen molar-refractivity contribution in [2.45, 2.75) is 13.1 Å². The third kappa shape index (κ3) is 4.64. The SMILES string of the molecule is CN1CCN(Cc2cccc(CNC(=O)c3ccsc3)c2)CC1. The Morgan fingerprint density at radius 1 is 1.17 bits per heavy atom. The number of thiophene rings is 1. The highest BCUT2D eigenvalue weighted by Gasteiger charge is 2.14. The molecule has 2 heterocycles. The monoisotopic (exact) mass is 329 g/mol. The van der Waals surface area contributed by atoms with Crippen LogP contribution in [0.3, 0.4) is 0 Å². The van der Waals surface area contributed by atoms with Crippen LogP contribution in [0.5, 0.6) is 0 Å². The lowest BCUT2D eigenvalue weighted by molar-refractivity contribution is 0.0951. The Labute approximate surface area is 141 Å². The van der Waals surface area contributed by atoms with Gasteiger partial charge in [-0.3, -0.25) is 9.69 Å². The first-order valence-electron chi connectivity index (χ1n) is 8.00. The highest BCUT2D eigenvalue weighted by Crippen LogP contribution is 2.11. The van der Waals surface area contributed by atoms with Gasteiger partial charge in [-0.15, -0.1) is 0 Å². The van der Waals surface area contributed by atoms with E-state index in [1.165, 1.54) is 5.56 Å². The average molecular weight is 329 g/mol. The van der Waals surface area contributed by atoms with Crippen LogP contribution in [0.15, 0.2) is 41.1 Å². The van der Waals surface area contributed by atoms with Gasteiger partial charge in [-0.05, 0) is 29.6 Å². The van der Waals surface area contributed by atoms with Crippen LogP contribution in [-0.4, -0.2) is 48.9 Å². The summed E-state index contributed by atoms with van der Waals surface area (Å²) < 4.78 is 0. The van der Waals surface area contributed by atoms with Crippen LogP contribution < -0.4 is 5.32 Å². The van der Waals surface area contributed by atoms with Crippen molar-refractivity contribution in [2.24, 2.45) is 0 Å². The Balaban J connectivity index is 1.54. The number of piperazine rings is 1. The maximum atomic E-state index is 12.0. The van der Waals surface area contributed by atoms with E-state index >= 15 is 0 Å². The Bertz CT molecular complexity index is 633. The molecular formula is C18H23N3OS. The topological polar surface area (TPSA) is 35.6 Å². The number of carbonyl (C=O) groups is 1. The number of hydrogen-bond donors (Lipinski definition) is 1. The van der Waals surface area contributed by atoms with Crippen LogP contribution in [0.2, 0.25) is 0 Å². The summed E-state index contributed by atoms with van der Waals surface area (Å²) in [7, 11) is 2.17. The number of amides is 1. The second-order valence-electron chi connectivity index (χ2n) is 6.09. The van der Waals surface area contributed by atoms with E-state index in [0.717, 1.165) is 43.9 Å². The molecular weight excluding hydrogens is 306 g/mol. The smallest absolute Gasteiger partial charge is 0.252 e. The number of benzene rings is 1. The largest absolute Gasteiger partial charge is 0.348 e. The van der Waals surface area contributed by atoms with Gasteiger partial charge in [0, 0.05) is 50.2 Å². The first-order valence-corrected chi connectivity index (χ1v) is 8.94. The highest BCUT2D eigenvalue weighted by atomic mass is 32.1. The van der Waals surface area contributed by atoms with E-state index in [-0.39, 0.29) is 5.91 Å². The zero-order chi connectivity index (χ0) is 16.1. The summed E-state index contributed by atoms with van der Waals surface area (Å²) >= 11 is 1.54. The zero-order valence-electron chi connectivity index (χ0n) is 13.5. The third-order valence-electron chi connectivity index (χ3n) is 4.23. The predicted molar refractivity (Wildman–Crippen MR) is 94.7 cm³/mol. The molecule has 23 heavy (non-hydrogen) atoms. The molecule has 0 unspecified atom stereocenters. The molecule has 1 fully saturated rings. The quantitative estimate of drug-likeness (QED) is 0.915. The third-order valence-corrected chi connectivity index (χ3v) is 4.91. The van der Waals surface area contributed by atoms with Crippen molar-refractivity contribution >= 4 is 17.2 Å². The standard InChI is InChI=1S/C18H23N3OS/c1-20-6-8-21(9-7-20)13-16-4-2-3-15(11-16)12-19-18(22)17-5-10-23-14-17/h2-5,10-11,14H,6-9,12-13H2,1H3,(H,19,22). The maximum absolute atomic E-state index is 12.0. The van der Waals surface area contributed by atoms with Crippen molar-refractivity contribution in [1.82, 2.24) is 15.1 Å². The lowest BCUT2D eigenvalue weighted by atomic mass is 10.1. The number of hydrogen-bond acceptors (Lipinski definition) is 4. The first-order chi connectivity index (χ1) is 11.2. The predicted octanol–water partition coefficient (Wildman–Crippen LogP) is 2.43. The van der Waals surface area contributed by atoms with Crippen LogP contribution >= 0.6 is 11.3 Å². The summed E-state index contributed by atoms with van der Waals surface area (Å²) in [4.78, 5) is 16.9. The molecule has 122 valence electrons.